The average molecular weight is 277 g/mol. The van der Waals surface area contributed by atoms with Gasteiger partial charge in [-0.15, -0.1) is 0 Å². The molecule has 1 unspecified atom stereocenters. The fourth-order valence-electron chi connectivity index (χ4n) is 3.41. The zero-order chi connectivity index (χ0) is 14.6. The van der Waals surface area contributed by atoms with E-state index in [0.29, 0.717) is 5.92 Å². The lowest BCUT2D eigenvalue weighted by Gasteiger charge is -2.32. The zero-order valence-corrected chi connectivity index (χ0v) is 13.2. The number of hydrogen-bond acceptors (Lipinski definition) is 3. The Morgan fingerprint density at radius 3 is 2.60 bits per heavy atom. The third-order valence-electron chi connectivity index (χ3n) is 4.15. The van der Waals surface area contributed by atoms with E-state index >= 15 is 0 Å². The molecular weight excluding hydrogens is 250 g/mol. The Balaban J connectivity index is 2.22. The Morgan fingerprint density at radius 2 is 2.05 bits per heavy atom. The van der Waals surface area contributed by atoms with E-state index in [0.717, 1.165) is 24.5 Å². The van der Waals surface area contributed by atoms with Crippen molar-refractivity contribution >= 4 is 0 Å². The highest BCUT2D eigenvalue weighted by molar-refractivity contribution is 5.41. The molecule has 1 N–H and O–H groups in total. The summed E-state index contributed by atoms with van der Waals surface area (Å²) < 4.78 is 10.8. The standard InChI is InChI=1S/C17H27NO2/c1-13(2)11-17(8-5-9-18-17)12-14-6-7-15(19-3)10-16(14)20-4/h6-7,10,13,18H,5,8-9,11-12H2,1-4H3. The highest BCUT2D eigenvalue weighted by Crippen LogP contribution is 2.34. The summed E-state index contributed by atoms with van der Waals surface area (Å²) in [5.41, 5.74) is 1.50. The monoisotopic (exact) mass is 277 g/mol. The van der Waals surface area contributed by atoms with Gasteiger partial charge in [0.1, 0.15) is 11.5 Å². The molecule has 0 aromatic heterocycles. The van der Waals surface area contributed by atoms with Crippen molar-refractivity contribution in [1.82, 2.24) is 5.32 Å². The molecule has 1 fully saturated rings. The van der Waals surface area contributed by atoms with Gasteiger partial charge in [-0.1, -0.05) is 19.9 Å². The number of benzene rings is 1. The van der Waals surface area contributed by atoms with Crippen LogP contribution in [-0.2, 0) is 6.42 Å². The minimum absolute atomic E-state index is 0.232. The van der Waals surface area contributed by atoms with Crippen LogP contribution < -0.4 is 14.8 Å². The Morgan fingerprint density at radius 1 is 1.25 bits per heavy atom. The molecule has 0 saturated carbocycles. The van der Waals surface area contributed by atoms with Gasteiger partial charge in [0, 0.05) is 11.6 Å². The van der Waals surface area contributed by atoms with Crippen molar-refractivity contribution in [2.45, 2.75) is 45.1 Å². The van der Waals surface area contributed by atoms with Gasteiger partial charge >= 0.3 is 0 Å². The van der Waals surface area contributed by atoms with E-state index in [4.69, 9.17) is 9.47 Å². The van der Waals surface area contributed by atoms with E-state index in [1.807, 2.05) is 12.1 Å². The molecule has 112 valence electrons. The van der Waals surface area contributed by atoms with Crippen LogP contribution in [0.5, 0.6) is 11.5 Å². The highest BCUT2D eigenvalue weighted by atomic mass is 16.5. The van der Waals surface area contributed by atoms with Gasteiger partial charge in [-0.25, -0.2) is 0 Å². The van der Waals surface area contributed by atoms with Gasteiger partial charge in [0.25, 0.3) is 0 Å². The van der Waals surface area contributed by atoms with Gasteiger partial charge in [0.15, 0.2) is 0 Å². The van der Waals surface area contributed by atoms with E-state index in [-0.39, 0.29) is 5.54 Å². The predicted molar refractivity (Wildman–Crippen MR) is 82.7 cm³/mol. The van der Waals surface area contributed by atoms with Crippen molar-refractivity contribution in [3.63, 3.8) is 0 Å². The number of hydrogen-bond donors (Lipinski definition) is 1. The van der Waals surface area contributed by atoms with Gasteiger partial charge in [0.05, 0.1) is 14.2 Å². The molecule has 3 heteroatoms. The molecule has 0 bridgehead atoms. The molecule has 1 aliphatic heterocycles. The molecule has 1 aliphatic rings. The first-order valence-corrected chi connectivity index (χ1v) is 7.54. The maximum atomic E-state index is 5.54. The van der Waals surface area contributed by atoms with Gasteiger partial charge in [0.2, 0.25) is 0 Å². The van der Waals surface area contributed by atoms with Crippen molar-refractivity contribution in [3.05, 3.63) is 23.8 Å². The van der Waals surface area contributed by atoms with E-state index < -0.39 is 0 Å². The van der Waals surface area contributed by atoms with Crippen molar-refractivity contribution < 1.29 is 9.47 Å². The molecule has 1 atom stereocenters. The number of nitrogens with one attached hydrogen (secondary N) is 1. The van der Waals surface area contributed by atoms with Crippen molar-refractivity contribution in [2.24, 2.45) is 5.92 Å². The molecular formula is C17H27NO2. The fraction of sp³-hybridized carbons (Fsp3) is 0.647. The second-order valence-corrected chi connectivity index (χ2v) is 6.26. The van der Waals surface area contributed by atoms with Crippen LogP contribution in [0.3, 0.4) is 0 Å². The smallest absolute Gasteiger partial charge is 0.125 e. The number of ether oxygens (including phenoxy) is 2. The summed E-state index contributed by atoms with van der Waals surface area (Å²) in [6.07, 6.45) is 4.76. The van der Waals surface area contributed by atoms with Crippen LogP contribution in [0, 0.1) is 5.92 Å². The first kappa shape index (κ1) is 15.2. The van der Waals surface area contributed by atoms with Gasteiger partial charge in [-0.2, -0.15) is 0 Å². The van der Waals surface area contributed by atoms with Crippen LogP contribution in [0.2, 0.25) is 0 Å². The molecule has 0 aliphatic carbocycles. The molecule has 0 spiro atoms. The van der Waals surface area contributed by atoms with Crippen LogP contribution in [0.15, 0.2) is 18.2 Å². The quantitative estimate of drug-likeness (QED) is 0.864. The minimum atomic E-state index is 0.232. The number of rotatable bonds is 6. The third kappa shape index (κ3) is 3.45. The summed E-state index contributed by atoms with van der Waals surface area (Å²) >= 11 is 0. The van der Waals surface area contributed by atoms with Crippen LogP contribution in [0.25, 0.3) is 0 Å². The molecule has 0 amide bonds. The van der Waals surface area contributed by atoms with Crippen LogP contribution >= 0.6 is 0 Å². The highest BCUT2D eigenvalue weighted by Gasteiger charge is 2.34. The summed E-state index contributed by atoms with van der Waals surface area (Å²) in [5.74, 6) is 2.48. The summed E-state index contributed by atoms with van der Waals surface area (Å²) in [6, 6.07) is 6.14. The topological polar surface area (TPSA) is 30.5 Å². The molecule has 2 rings (SSSR count). The zero-order valence-electron chi connectivity index (χ0n) is 13.2. The lowest BCUT2D eigenvalue weighted by molar-refractivity contribution is 0.296. The maximum Gasteiger partial charge on any atom is 0.125 e. The Labute approximate surface area is 122 Å². The van der Waals surface area contributed by atoms with Crippen molar-refractivity contribution in [1.29, 1.82) is 0 Å². The summed E-state index contributed by atoms with van der Waals surface area (Å²) in [6.45, 7) is 5.73. The van der Waals surface area contributed by atoms with Crippen molar-refractivity contribution in [2.75, 3.05) is 20.8 Å². The fourth-order valence-corrected chi connectivity index (χ4v) is 3.41. The minimum Gasteiger partial charge on any atom is -0.497 e. The maximum absolute atomic E-state index is 5.54. The number of methoxy groups -OCH3 is 2. The largest absolute Gasteiger partial charge is 0.497 e. The van der Waals surface area contributed by atoms with E-state index in [1.165, 1.54) is 24.8 Å². The predicted octanol–water partition coefficient (Wildman–Crippen LogP) is 3.41. The lowest BCUT2D eigenvalue weighted by atomic mass is 9.82. The van der Waals surface area contributed by atoms with Crippen LogP contribution in [0.4, 0.5) is 0 Å². The lowest BCUT2D eigenvalue weighted by Crippen LogP contribution is -2.43. The SMILES string of the molecule is COc1ccc(CC2(CC(C)C)CCCN2)c(OC)c1. The molecule has 1 saturated heterocycles. The normalized spacial score (nSPS) is 22.2. The van der Waals surface area contributed by atoms with Crippen molar-refractivity contribution in [3.8, 4) is 11.5 Å². The van der Waals surface area contributed by atoms with Gasteiger partial charge in [-0.05, 0) is 49.8 Å². The van der Waals surface area contributed by atoms with E-state index in [9.17, 15) is 0 Å². The Kier molecular flexibility index (Phi) is 4.92. The van der Waals surface area contributed by atoms with Crippen LogP contribution in [-0.4, -0.2) is 26.3 Å². The van der Waals surface area contributed by atoms with E-state index in [2.05, 4.69) is 25.2 Å². The second-order valence-electron chi connectivity index (χ2n) is 6.26. The molecule has 1 aromatic rings. The molecule has 3 nitrogen and oxygen atoms in total. The van der Waals surface area contributed by atoms with Gasteiger partial charge in [-0.3, -0.25) is 0 Å². The molecule has 1 heterocycles. The Bertz CT molecular complexity index is 437. The second kappa shape index (κ2) is 6.49. The molecule has 20 heavy (non-hydrogen) atoms. The van der Waals surface area contributed by atoms with Crippen LogP contribution in [0.1, 0.15) is 38.7 Å². The summed E-state index contributed by atoms with van der Waals surface area (Å²) in [4.78, 5) is 0. The summed E-state index contributed by atoms with van der Waals surface area (Å²) in [5, 5.41) is 3.74. The molecule has 1 aromatic carbocycles. The molecule has 0 radical (unpaired) electrons. The summed E-state index contributed by atoms with van der Waals surface area (Å²) in [7, 11) is 3.42. The third-order valence-corrected chi connectivity index (χ3v) is 4.15. The first-order valence-electron chi connectivity index (χ1n) is 7.54. The van der Waals surface area contributed by atoms with Gasteiger partial charge < -0.3 is 14.8 Å². The Hall–Kier alpha value is -1.22. The average Bonchev–Trinajstić information content (AvgIpc) is 2.86. The van der Waals surface area contributed by atoms with E-state index in [1.54, 1.807) is 14.2 Å². The first-order chi connectivity index (χ1) is 9.58.